The molecular formula is C23H24N4S. The normalized spacial score (nSPS) is 22.6. The van der Waals surface area contributed by atoms with E-state index < -0.39 is 0 Å². The van der Waals surface area contributed by atoms with E-state index in [-0.39, 0.29) is 12.1 Å². The molecule has 142 valence electrons. The SMILES string of the molecule is S=C1N[C@H](c2ccccn2)[C@H](c2ccn(C3CCCC3)c2)N1c1ccccc1. The van der Waals surface area contributed by atoms with Gasteiger partial charge in [-0.3, -0.25) is 4.98 Å². The van der Waals surface area contributed by atoms with Gasteiger partial charge in [-0.25, -0.2) is 0 Å². The highest BCUT2D eigenvalue weighted by atomic mass is 32.1. The molecule has 2 atom stereocenters. The van der Waals surface area contributed by atoms with Crippen LogP contribution in [-0.2, 0) is 0 Å². The fraction of sp³-hybridized carbons (Fsp3) is 0.304. The van der Waals surface area contributed by atoms with Crippen LogP contribution >= 0.6 is 12.2 Å². The molecule has 0 bridgehead atoms. The van der Waals surface area contributed by atoms with Crippen molar-refractivity contribution in [3.05, 3.63) is 84.4 Å². The Morgan fingerprint density at radius 3 is 2.50 bits per heavy atom. The van der Waals surface area contributed by atoms with Crippen molar-refractivity contribution in [3.63, 3.8) is 0 Å². The standard InChI is InChI=1S/C23H24N4S/c28-23-25-21(20-12-6-7-14-24-20)22(27(23)19-10-2-1-3-11-19)17-13-15-26(16-17)18-8-4-5-9-18/h1-3,6-7,10-16,18,21-22H,4-5,8-9H2,(H,25,28)/t21-,22+/m1/s1. The van der Waals surface area contributed by atoms with Gasteiger partial charge in [0.2, 0.25) is 0 Å². The summed E-state index contributed by atoms with van der Waals surface area (Å²) in [6, 6.07) is 19.5. The lowest BCUT2D eigenvalue weighted by Crippen LogP contribution is -2.29. The maximum absolute atomic E-state index is 5.77. The number of benzene rings is 1. The molecule has 28 heavy (non-hydrogen) atoms. The van der Waals surface area contributed by atoms with E-state index in [0.717, 1.165) is 16.5 Å². The highest BCUT2D eigenvalue weighted by Crippen LogP contribution is 2.42. The van der Waals surface area contributed by atoms with Crippen molar-refractivity contribution in [2.24, 2.45) is 0 Å². The smallest absolute Gasteiger partial charge is 0.174 e. The Bertz CT molecular complexity index is 947. The first-order chi connectivity index (χ1) is 13.8. The molecule has 3 heterocycles. The second-order valence-corrected chi connectivity index (χ2v) is 8.05. The lowest BCUT2D eigenvalue weighted by atomic mass is 9.98. The van der Waals surface area contributed by atoms with Gasteiger partial charge in [-0.15, -0.1) is 0 Å². The summed E-state index contributed by atoms with van der Waals surface area (Å²) in [6.45, 7) is 0. The van der Waals surface area contributed by atoms with Crippen LogP contribution < -0.4 is 10.2 Å². The van der Waals surface area contributed by atoms with Crippen molar-refractivity contribution in [2.45, 2.75) is 43.8 Å². The summed E-state index contributed by atoms with van der Waals surface area (Å²) in [4.78, 5) is 6.87. The number of hydrogen-bond acceptors (Lipinski definition) is 2. The van der Waals surface area contributed by atoms with Gasteiger partial charge in [0, 0.05) is 30.3 Å². The van der Waals surface area contributed by atoms with Crippen LogP contribution in [0.4, 0.5) is 5.69 Å². The van der Waals surface area contributed by atoms with Gasteiger partial charge in [-0.2, -0.15) is 0 Å². The van der Waals surface area contributed by atoms with Crippen LogP contribution in [0.5, 0.6) is 0 Å². The number of thiocarbonyl (C=S) groups is 1. The van der Waals surface area contributed by atoms with Gasteiger partial charge in [-0.1, -0.05) is 37.1 Å². The summed E-state index contributed by atoms with van der Waals surface area (Å²) < 4.78 is 2.41. The van der Waals surface area contributed by atoms with Crippen LogP contribution in [0, 0.1) is 0 Å². The van der Waals surface area contributed by atoms with Gasteiger partial charge in [0.05, 0.1) is 17.8 Å². The Morgan fingerprint density at radius 2 is 1.75 bits per heavy atom. The Morgan fingerprint density at radius 1 is 0.964 bits per heavy atom. The highest BCUT2D eigenvalue weighted by molar-refractivity contribution is 7.80. The Kier molecular flexibility index (Phi) is 4.61. The quantitative estimate of drug-likeness (QED) is 0.625. The van der Waals surface area contributed by atoms with Gasteiger partial charge in [0.1, 0.15) is 0 Å². The number of anilines is 1. The van der Waals surface area contributed by atoms with Crippen molar-refractivity contribution in [1.29, 1.82) is 0 Å². The van der Waals surface area contributed by atoms with Gasteiger partial charge in [0.15, 0.2) is 5.11 Å². The Hall–Kier alpha value is -2.66. The van der Waals surface area contributed by atoms with Gasteiger partial charge < -0.3 is 14.8 Å². The second-order valence-electron chi connectivity index (χ2n) is 7.66. The van der Waals surface area contributed by atoms with Gasteiger partial charge in [-0.05, 0) is 61.0 Å². The largest absolute Gasteiger partial charge is 0.351 e. The molecule has 2 fully saturated rings. The van der Waals surface area contributed by atoms with Crippen molar-refractivity contribution in [1.82, 2.24) is 14.9 Å². The molecule has 2 aromatic heterocycles. The molecular weight excluding hydrogens is 364 g/mol. The van der Waals surface area contributed by atoms with E-state index in [0.29, 0.717) is 6.04 Å². The summed E-state index contributed by atoms with van der Waals surface area (Å²) in [6.07, 6.45) is 11.6. The first-order valence-corrected chi connectivity index (χ1v) is 10.5. The summed E-state index contributed by atoms with van der Waals surface area (Å²) in [5.74, 6) is 0. The number of hydrogen-bond donors (Lipinski definition) is 1. The second kappa shape index (κ2) is 7.40. The monoisotopic (exact) mass is 388 g/mol. The van der Waals surface area contributed by atoms with Crippen LogP contribution in [0.15, 0.2) is 73.2 Å². The average Bonchev–Trinajstić information content (AvgIpc) is 3.48. The molecule has 2 aliphatic rings. The highest BCUT2D eigenvalue weighted by Gasteiger charge is 2.41. The molecule has 1 saturated carbocycles. The molecule has 1 N–H and O–H groups in total. The first-order valence-electron chi connectivity index (χ1n) is 10.0. The molecule has 1 aromatic carbocycles. The van der Waals surface area contributed by atoms with Crippen LogP contribution in [-0.4, -0.2) is 14.7 Å². The van der Waals surface area contributed by atoms with E-state index in [9.17, 15) is 0 Å². The predicted molar refractivity (Wildman–Crippen MR) is 116 cm³/mol. The molecule has 0 spiro atoms. The van der Waals surface area contributed by atoms with Crippen molar-refractivity contribution in [3.8, 4) is 0 Å². The summed E-state index contributed by atoms with van der Waals surface area (Å²) in [5, 5.41) is 4.28. The lowest BCUT2D eigenvalue weighted by molar-refractivity contribution is 0.515. The number of aromatic nitrogens is 2. The third kappa shape index (κ3) is 3.10. The third-order valence-corrected chi connectivity index (χ3v) is 6.27. The number of para-hydroxylation sites is 1. The van der Waals surface area contributed by atoms with E-state index in [2.05, 4.69) is 68.6 Å². The zero-order chi connectivity index (χ0) is 18.9. The molecule has 4 nitrogen and oxygen atoms in total. The zero-order valence-corrected chi connectivity index (χ0v) is 16.6. The molecule has 1 aliphatic carbocycles. The average molecular weight is 389 g/mol. The maximum atomic E-state index is 5.77. The number of nitrogens with one attached hydrogen (secondary N) is 1. The maximum Gasteiger partial charge on any atom is 0.174 e. The molecule has 5 rings (SSSR count). The topological polar surface area (TPSA) is 33.1 Å². The van der Waals surface area contributed by atoms with Crippen molar-refractivity contribution >= 4 is 23.0 Å². The lowest BCUT2D eigenvalue weighted by Gasteiger charge is -2.27. The van der Waals surface area contributed by atoms with Crippen LogP contribution in [0.25, 0.3) is 0 Å². The first kappa shape index (κ1) is 17.4. The number of pyridine rings is 1. The summed E-state index contributed by atoms with van der Waals surface area (Å²) in [7, 11) is 0. The van der Waals surface area contributed by atoms with Crippen LogP contribution in [0.1, 0.15) is 55.1 Å². The fourth-order valence-electron chi connectivity index (χ4n) is 4.60. The summed E-state index contributed by atoms with van der Waals surface area (Å²) in [5.41, 5.74) is 3.40. The van der Waals surface area contributed by atoms with Crippen molar-refractivity contribution < 1.29 is 0 Å². The molecule has 0 unspecified atom stereocenters. The predicted octanol–water partition coefficient (Wildman–Crippen LogP) is 5.18. The Balaban J connectivity index is 1.57. The molecule has 1 aliphatic heterocycles. The number of nitrogens with zero attached hydrogens (tertiary/aromatic N) is 3. The van der Waals surface area contributed by atoms with E-state index in [1.165, 1.54) is 31.2 Å². The molecule has 0 radical (unpaired) electrons. The minimum atomic E-state index is 0.0216. The molecule has 5 heteroatoms. The minimum Gasteiger partial charge on any atom is -0.351 e. The third-order valence-electron chi connectivity index (χ3n) is 5.96. The van der Waals surface area contributed by atoms with Crippen LogP contribution in [0.2, 0.25) is 0 Å². The molecule has 1 saturated heterocycles. The van der Waals surface area contributed by atoms with E-state index in [1.54, 1.807) is 0 Å². The fourth-order valence-corrected chi connectivity index (χ4v) is 4.94. The van der Waals surface area contributed by atoms with E-state index in [1.807, 2.05) is 24.4 Å². The molecule has 3 aromatic rings. The summed E-state index contributed by atoms with van der Waals surface area (Å²) >= 11 is 5.77. The minimum absolute atomic E-state index is 0.0216. The van der Waals surface area contributed by atoms with E-state index >= 15 is 0 Å². The molecule has 0 amide bonds. The van der Waals surface area contributed by atoms with Gasteiger partial charge >= 0.3 is 0 Å². The van der Waals surface area contributed by atoms with Gasteiger partial charge in [0.25, 0.3) is 0 Å². The van der Waals surface area contributed by atoms with Crippen LogP contribution in [0.3, 0.4) is 0 Å². The van der Waals surface area contributed by atoms with E-state index in [4.69, 9.17) is 12.2 Å². The van der Waals surface area contributed by atoms with Crippen molar-refractivity contribution in [2.75, 3.05) is 4.90 Å². The Labute approximate surface area is 171 Å². The zero-order valence-electron chi connectivity index (χ0n) is 15.7. The number of rotatable bonds is 4.